The second kappa shape index (κ2) is 4.81. The predicted molar refractivity (Wildman–Crippen MR) is 61.9 cm³/mol. The summed E-state index contributed by atoms with van der Waals surface area (Å²) in [5.41, 5.74) is 6.25. The number of likely N-dealkylation sites (N-methyl/N-ethyl adjacent to an activating group) is 1. The van der Waals surface area contributed by atoms with Gasteiger partial charge in [0.2, 0.25) is 0 Å². The van der Waals surface area contributed by atoms with Crippen LogP contribution < -0.4 is 5.73 Å². The van der Waals surface area contributed by atoms with Gasteiger partial charge in [0.1, 0.15) is 0 Å². The lowest BCUT2D eigenvalue weighted by Crippen LogP contribution is -2.52. The fraction of sp³-hybridized carbons (Fsp3) is 1.00. The maximum Gasteiger partial charge on any atom is 0.0702 e. The van der Waals surface area contributed by atoms with E-state index < -0.39 is 0 Å². The summed E-state index contributed by atoms with van der Waals surface area (Å²) in [6, 6.07) is 0. The smallest absolute Gasteiger partial charge is 0.0702 e. The summed E-state index contributed by atoms with van der Waals surface area (Å²) >= 11 is 0. The van der Waals surface area contributed by atoms with Crippen molar-refractivity contribution in [2.45, 2.75) is 50.2 Å². The van der Waals surface area contributed by atoms with Gasteiger partial charge in [0.15, 0.2) is 0 Å². The van der Waals surface area contributed by atoms with Crippen molar-refractivity contribution in [3.63, 3.8) is 0 Å². The van der Waals surface area contributed by atoms with Crippen LogP contribution in [0.25, 0.3) is 0 Å². The van der Waals surface area contributed by atoms with E-state index >= 15 is 0 Å². The molecule has 0 aromatic heterocycles. The highest BCUT2D eigenvalue weighted by Gasteiger charge is 2.37. The summed E-state index contributed by atoms with van der Waals surface area (Å²) in [5, 5.41) is 0. The Labute approximate surface area is 93.0 Å². The summed E-state index contributed by atoms with van der Waals surface area (Å²) < 4.78 is 5.69. The van der Waals surface area contributed by atoms with E-state index in [1.54, 1.807) is 0 Å². The van der Waals surface area contributed by atoms with Gasteiger partial charge < -0.3 is 10.5 Å². The van der Waals surface area contributed by atoms with Crippen LogP contribution in [-0.2, 0) is 4.74 Å². The molecular formula is C12H24N2O. The van der Waals surface area contributed by atoms with Crippen LogP contribution in [0.1, 0.15) is 38.5 Å². The minimum atomic E-state index is 0.284. The fourth-order valence-electron chi connectivity index (χ4n) is 3.06. The normalized spacial score (nSPS) is 30.2. The lowest BCUT2D eigenvalue weighted by molar-refractivity contribution is 0.0391. The Morgan fingerprint density at radius 2 is 2.07 bits per heavy atom. The Morgan fingerprint density at radius 3 is 2.60 bits per heavy atom. The van der Waals surface area contributed by atoms with Crippen LogP contribution >= 0.6 is 0 Å². The molecule has 3 heteroatoms. The molecule has 1 saturated heterocycles. The molecule has 0 radical (unpaired) electrons. The molecule has 15 heavy (non-hydrogen) atoms. The van der Waals surface area contributed by atoms with Crippen molar-refractivity contribution < 1.29 is 4.74 Å². The third-order valence-electron chi connectivity index (χ3n) is 4.23. The third-order valence-corrected chi connectivity index (χ3v) is 4.23. The largest absolute Gasteiger partial charge is 0.377 e. The zero-order valence-electron chi connectivity index (χ0n) is 9.87. The average Bonchev–Trinajstić information content (AvgIpc) is 2.87. The van der Waals surface area contributed by atoms with E-state index in [2.05, 4.69) is 11.9 Å². The average molecular weight is 212 g/mol. The van der Waals surface area contributed by atoms with Gasteiger partial charge in [-0.05, 0) is 32.7 Å². The topological polar surface area (TPSA) is 38.5 Å². The monoisotopic (exact) mass is 212 g/mol. The van der Waals surface area contributed by atoms with Crippen molar-refractivity contribution in [3.05, 3.63) is 0 Å². The quantitative estimate of drug-likeness (QED) is 0.765. The van der Waals surface area contributed by atoms with E-state index in [4.69, 9.17) is 10.5 Å². The second-order valence-corrected chi connectivity index (χ2v) is 5.15. The molecule has 1 aliphatic heterocycles. The Bertz CT molecular complexity index is 196. The van der Waals surface area contributed by atoms with Gasteiger partial charge in [0, 0.05) is 25.2 Å². The molecule has 88 valence electrons. The summed E-state index contributed by atoms with van der Waals surface area (Å²) in [7, 11) is 2.22. The van der Waals surface area contributed by atoms with E-state index in [0.717, 1.165) is 19.7 Å². The fourth-order valence-corrected chi connectivity index (χ4v) is 3.06. The molecule has 0 bridgehead atoms. The van der Waals surface area contributed by atoms with E-state index in [1.165, 1.54) is 38.5 Å². The Kier molecular flexibility index (Phi) is 3.65. The minimum Gasteiger partial charge on any atom is -0.377 e. The predicted octanol–water partition coefficient (Wildman–Crippen LogP) is 1.37. The first-order valence-corrected chi connectivity index (χ1v) is 6.30. The minimum absolute atomic E-state index is 0.284. The van der Waals surface area contributed by atoms with Crippen molar-refractivity contribution in [1.82, 2.24) is 4.90 Å². The molecule has 1 saturated carbocycles. The molecule has 0 aromatic rings. The van der Waals surface area contributed by atoms with Crippen LogP contribution in [0.2, 0.25) is 0 Å². The number of nitrogens with zero attached hydrogens (tertiary/aromatic N) is 1. The first-order chi connectivity index (χ1) is 7.27. The van der Waals surface area contributed by atoms with Gasteiger partial charge in [-0.25, -0.2) is 0 Å². The standard InChI is InChI=1S/C12H24N2O/c1-14(9-11-5-4-8-15-11)12(10-13)6-2-3-7-12/h11H,2-10,13H2,1H3. The highest BCUT2D eigenvalue weighted by molar-refractivity contribution is 4.95. The number of nitrogens with two attached hydrogens (primary N) is 1. The lowest BCUT2D eigenvalue weighted by atomic mass is 9.95. The van der Waals surface area contributed by atoms with Gasteiger partial charge in [0.25, 0.3) is 0 Å². The number of ether oxygens (including phenoxy) is 1. The molecule has 2 aliphatic rings. The molecule has 2 rings (SSSR count). The maximum absolute atomic E-state index is 5.96. The number of hydrogen-bond acceptors (Lipinski definition) is 3. The summed E-state index contributed by atoms with van der Waals surface area (Å²) in [4.78, 5) is 2.47. The van der Waals surface area contributed by atoms with Gasteiger partial charge in [-0.1, -0.05) is 12.8 Å². The van der Waals surface area contributed by atoms with Crippen molar-refractivity contribution >= 4 is 0 Å². The van der Waals surface area contributed by atoms with Crippen LogP contribution in [0.4, 0.5) is 0 Å². The van der Waals surface area contributed by atoms with Crippen LogP contribution in [0.15, 0.2) is 0 Å². The molecule has 3 nitrogen and oxygen atoms in total. The first kappa shape index (κ1) is 11.4. The second-order valence-electron chi connectivity index (χ2n) is 5.15. The number of hydrogen-bond donors (Lipinski definition) is 1. The summed E-state index contributed by atoms with van der Waals surface area (Å²) in [6.45, 7) is 2.82. The molecule has 1 atom stereocenters. The van der Waals surface area contributed by atoms with Gasteiger partial charge >= 0.3 is 0 Å². The van der Waals surface area contributed by atoms with E-state index in [0.29, 0.717) is 6.10 Å². The number of rotatable bonds is 4. The molecule has 1 unspecified atom stereocenters. The molecule has 0 spiro atoms. The molecular weight excluding hydrogens is 188 g/mol. The molecule has 0 aromatic carbocycles. The highest BCUT2D eigenvalue weighted by atomic mass is 16.5. The van der Waals surface area contributed by atoms with Crippen LogP contribution in [0.5, 0.6) is 0 Å². The van der Waals surface area contributed by atoms with Crippen LogP contribution in [0, 0.1) is 0 Å². The Hall–Kier alpha value is -0.120. The summed E-state index contributed by atoms with van der Waals surface area (Å²) in [5.74, 6) is 0. The third kappa shape index (κ3) is 2.35. The van der Waals surface area contributed by atoms with E-state index in [9.17, 15) is 0 Å². The van der Waals surface area contributed by atoms with Crippen molar-refractivity contribution in [2.75, 3.05) is 26.7 Å². The van der Waals surface area contributed by atoms with Gasteiger partial charge in [-0.3, -0.25) is 4.90 Å². The molecule has 2 fully saturated rings. The highest BCUT2D eigenvalue weighted by Crippen LogP contribution is 2.34. The molecule has 2 N–H and O–H groups in total. The zero-order chi connectivity index (χ0) is 10.7. The van der Waals surface area contributed by atoms with Gasteiger partial charge in [0.05, 0.1) is 6.10 Å². The van der Waals surface area contributed by atoms with Gasteiger partial charge in [-0.15, -0.1) is 0 Å². The van der Waals surface area contributed by atoms with Gasteiger partial charge in [-0.2, -0.15) is 0 Å². The van der Waals surface area contributed by atoms with Crippen molar-refractivity contribution in [3.8, 4) is 0 Å². The van der Waals surface area contributed by atoms with Crippen molar-refractivity contribution in [1.29, 1.82) is 0 Å². The molecule has 1 heterocycles. The van der Waals surface area contributed by atoms with E-state index in [1.807, 2.05) is 0 Å². The van der Waals surface area contributed by atoms with Crippen molar-refractivity contribution in [2.24, 2.45) is 5.73 Å². The Morgan fingerprint density at radius 1 is 1.33 bits per heavy atom. The summed E-state index contributed by atoms with van der Waals surface area (Å²) in [6.07, 6.45) is 8.14. The Balaban J connectivity index is 1.89. The first-order valence-electron chi connectivity index (χ1n) is 6.30. The lowest BCUT2D eigenvalue weighted by Gasteiger charge is -2.39. The molecule has 1 aliphatic carbocycles. The van der Waals surface area contributed by atoms with E-state index in [-0.39, 0.29) is 5.54 Å². The maximum atomic E-state index is 5.96. The van der Waals surface area contributed by atoms with Crippen LogP contribution in [0.3, 0.4) is 0 Å². The van der Waals surface area contributed by atoms with Crippen LogP contribution in [-0.4, -0.2) is 43.3 Å². The SMILES string of the molecule is CN(CC1CCCO1)C1(CN)CCCC1. The zero-order valence-corrected chi connectivity index (χ0v) is 9.87. The molecule has 0 amide bonds.